The molecule has 2 aliphatic carbocycles. The van der Waals surface area contributed by atoms with Gasteiger partial charge < -0.3 is 0 Å². The number of pyridine rings is 1. The van der Waals surface area contributed by atoms with Crippen molar-refractivity contribution in [2.45, 2.75) is 38.6 Å². The summed E-state index contributed by atoms with van der Waals surface area (Å²) in [5.74, 6) is 3.49. The fraction of sp³-hybridized carbons (Fsp3) is 0.562. The van der Waals surface area contributed by atoms with E-state index in [1.807, 2.05) is 18.3 Å². The zero-order valence-corrected chi connectivity index (χ0v) is 13.0. The van der Waals surface area contributed by atoms with Gasteiger partial charge in [-0.25, -0.2) is 0 Å². The summed E-state index contributed by atoms with van der Waals surface area (Å²) < 4.78 is 2.93. The maximum Gasteiger partial charge on any atom is 0.195 e. The molecule has 2 heterocycles. The molecule has 0 saturated heterocycles. The van der Waals surface area contributed by atoms with Gasteiger partial charge in [0.25, 0.3) is 0 Å². The third kappa shape index (κ3) is 2.14. The van der Waals surface area contributed by atoms with Crippen molar-refractivity contribution in [3.63, 3.8) is 0 Å². The molecule has 1 N–H and O–H groups in total. The van der Waals surface area contributed by atoms with Crippen LogP contribution in [-0.4, -0.2) is 19.7 Å². The van der Waals surface area contributed by atoms with Gasteiger partial charge in [-0.05, 0) is 68.3 Å². The zero-order chi connectivity index (χ0) is 14.4. The summed E-state index contributed by atoms with van der Waals surface area (Å²) >= 11 is 5.50. The van der Waals surface area contributed by atoms with E-state index in [9.17, 15) is 0 Å². The van der Waals surface area contributed by atoms with Gasteiger partial charge in [-0.2, -0.15) is 5.10 Å². The third-order valence-corrected chi connectivity index (χ3v) is 5.73. The lowest BCUT2D eigenvalue weighted by atomic mass is 9.84. The standard InChI is InChI=1S/C16H20N4S/c1-10(14-8-11-4-5-12(14)7-11)20-15(18-19-16(20)21)13-3-2-6-17-9-13/h2-3,6,9-12,14H,4-5,7-8H2,1H3,(H,19,21). The highest BCUT2D eigenvalue weighted by atomic mass is 32.1. The van der Waals surface area contributed by atoms with E-state index >= 15 is 0 Å². The van der Waals surface area contributed by atoms with Gasteiger partial charge in [0.1, 0.15) is 0 Å². The van der Waals surface area contributed by atoms with Crippen LogP contribution in [0.15, 0.2) is 24.5 Å². The molecule has 2 bridgehead atoms. The molecule has 5 heteroatoms. The van der Waals surface area contributed by atoms with E-state index in [0.29, 0.717) is 6.04 Å². The minimum absolute atomic E-state index is 0.404. The highest BCUT2D eigenvalue weighted by Crippen LogP contribution is 2.52. The minimum atomic E-state index is 0.404. The fourth-order valence-corrected chi connectivity index (χ4v) is 4.76. The van der Waals surface area contributed by atoms with Crippen molar-refractivity contribution in [2.75, 3.05) is 0 Å². The predicted molar refractivity (Wildman–Crippen MR) is 84.3 cm³/mol. The van der Waals surface area contributed by atoms with Gasteiger partial charge in [-0.3, -0.25) is 14.6 Å². The highest BCUT2D eigenvalue weighted by molar-refractivity contribution is 7.71. The summed E-state index contributed by atoms with van der Waals surface area (Å²) in [6.07, 6.45) is 9.24. The van der Waals surface area contributed by atoms with Crippen LogP contribution in [-0.2, 0) is 0 Å². The molecule has 0 radical (unpaired) electrons. The number of hydrogen-bond acceptors (Lipinski definition) is 3. The Morgan fingerprint density at radius 2 is 2.29 bits per heavy atom. The van der Waals surface area contributed by atoms with Crippen LogP contribution in [0.4, 0.5) is 0 Å². The lowest BCUT2D eigenvalue weighted by Crippen LogP contribution is -2.22. The normalized spacial score (nSPS) is 28.9. The van der Waals surface area contributed by atoms with Crippen LogP contribution in [0.1, 0.15) is 38.6 Å². The molecule has 0 spiro atoms. The Bertz CT molecular complexity index is 690. The summed E-state index contributed by atoms with van der Waals surface area (Å²) in [4.78, 5) is 4.21. The van der Waals surface area contributed by atoms with Crippen LogP contribution in [0.2, 0.25) is 0 Å². The number of nitrogens with zero attached hydrogens (tertiary/aromatic N) is 3. The molecule has 4 unspecified atom stereocenters. The van der Waals surface area contributed by atoms with Gasteiger partial charge in [0.15, 0.2) is 10.6 Å². The second-order valence-corrected chi connectivity index (χ2v) is 6.93. The highest BCUT2D eigenvalue weighted by Gasteiger charge is 2.42. The van der Waals surface area contributed by atoms with Crippen LogP contribution < -0.4 is 0 Å². The van der Waals surface area contributed by atoms with Crippen molar-refractivity contribution in [2.24, 2.45) is 17.8 Å². The van der Waals surface area contributed by atoms with Crippen molar-refractivity contribution in [1.29, 1.82) is 0 Å². The van der Waals surface area contributed by atoms with Crippen LogP contribution in [0.5, 0.6) is 0 Å². The van der Waals surface area contributed by atoms with Crippen molar-refractivity contribution < 1.29 is 0 Å². The van der Waals surface area contributed by atoms with E-state index in [-0.39, 0.29) is 0 Å². The SMILES string of the molecule is CC(C1CC2CCC1C2)n1c(-c2cccnc2)n[nH]c1=S. The van der Waals surface area contributed by atoms with E-state index in [0.717, 1.165) is 33.9 Å². The number of rotatable bonds is 3. The largest absolute Gasteiger partial charge is 0.297 e. The fourth-order valence-electron chi connectivity index (χ4n) is 4.46. The molecule has 4 nitrogen and oxygen atoms in total. The van der Waals surface area contributed by atoms with Crippen LogP contribution >= 0.6 is 12.2 Å². The lowest BCUT2D eigenvalue weighted by molar-refractivity contribution is 0.242. The number of fused-ring (bicyclic) bond motifs is 2. The maximum atomic E-state index is 5.50. The van der Waals surface area contributed by atoms with E-state index in [1.54, 1.807) is 6.20 Å². The van der Waals surface area contributed by atoms with Gasteiger partial charge >= 0.3 is 0 Å². The predicted octanol–water partition coefficient (Wildman–Crippen LogP) is 4.00. The molecular weight excluding hydrogens is 280 g/mol. The molecule has 21 heavy (non-hydrogen) atoms. The average molecular weight is 300 g/mol. The number of aromatic amines is 1. The summed E-state index contributed by atoms with van der Waals surface area (Å²) in [5, 5.41) is 7.42. The van der Waals surface area contributed by atoms with Gasteiger partial charge in [-0.15, -0.1) is 0 Å². The molecule has 2 fully saturated rings. The van der Waals surface area contributed by atoms with Crippen molar-refractivity contribution in [3.8, 4) is 11.4 Å². The molecule has 2 aliphatic rings. The number of aromatic nitrogens is 4. The average Bonchev–Trinajstić information content (AvgIpc) is 3.22. The Hall–Kier alpha value is -1.49. The molecule has 4 atom stereocenters. The Morgan fingerprint density at radius 3 is 2.95 bits per heavy atom. The summed E-state index contributed by atoms with van der Waals surface area (Å²) in [5.41, 5.74) is 1.03. The first-order valence-corrected chi connectivity index (χ1v) is 8.22. The monoisotopic (exact) mass is 300 g/mol. The number of nitrogens with one attached hydrogen (secondary N) is 1. The molecule has 0 aliphatic heterocycles. The topological polar surface area (TPSA) is 46.5 Å². The molecule has 110 valence electrons. The molecule has 4 rings (SSSR count). The van der Waals surface area contributed by atoms with E-state index in [2.05, 4.69) is 26.7 Å². The van der Waals surface area contributed by atoms with Crippen molar-refractivity contribution >= 4 is 12.2 Å². The van der Waals surface area contributed by atoms with Gasteiger partial charge in [0.2, 0.25) is 0 Å². The van der Waals surface area contributed by atoms with Gasteiger partial charge in [0, 0.05) is 24.0 Å². The number of H-pyrrole nitrogens is 1. The third-order valence-electron chi connectivity index (χ3n) is 5.44. The Morgan fingerprint density at radius 1 is 1.38 bits per heavy atom. The summed E-state index contributed by atoms with van der Waals surface area (Å²) in [6.45, 7) is 2.30. The molecule has 2 aromatic rings. The second-order valence-electron chi connectivity index (χ2n) is 6.54. The summed E-state index contributed by atoms with van der Waals surface area (Å²) in [7, 11) is 0. The maximum absolute atomic E-state index is 5.50. The van der Waals surface area contributed by atoms with Crippen molar-refractivity contribution in [1.82, 2.24) is 19.7 Å². The minimum Gasteiger partial charge on any atom is -0.297 e. The second kappa shape index (κ2) is 5.05. The first kappa shape index (κ1) is 13.2. The molecule has 2 saturated carbocycles. The Balaban J connectivity index is 1.72. The quantitative estimate of drug-likeness (QED) is 0.872. The molecule has 2 aromatic heterocycles. The lowest BCUT2D eigenvalue weighted by Gasteiger charge is -2.29. The first-order chi connectivity index (χ1) is 10.2. The zero-order valence-electron chi connectivity index (χ0n) is 12.2. The van der Waals surface area contributed by atoms with E-state index in [4.69, 9.17) is 12.2 Å². The smallest absolute Gasteiger partial charge is 0.195 e. The Kier molecular flexibility index (Phi) is 3.17. The first-order valence-electron chi connectivity index (χ1n) is 7.81. The number of hydrogen-bond donors (Lipinski definition) is 1. The Labute approximate surface area is 129 Å². The molecular formula is C16H20N4S. The van der Waals surface area contributed by atoms with Gasteiger partial charge in [-0.1, -0.05) is 6.42 Å². The summed E-state index contributed by atoms with van der Waals surface area (Å²) in [6, 6.07) is 4.39. The van der Waals surface area contributed by atoms with Crippen LogP contribution in [0.25, 0.3) is 11.4 Å². The van der Waals surface area contributed by atoms with E-state index < -0.39 is 0 Å². The van der Waals surface area contributed by atoms with Crippen molar-refractivity contribution in [3.05, 3.63) is 29.3 Å². The van der Waals surface area contributed by atoms with Crippen LogP contribution in [0.3, 0.4) is 0 Å². The molecule has 0 aromatic carbocycles. The van der Waals surface area contributed by atoms with E-state index in [1.165, 1.54) is 25.7 Å². The van der Waals surface area contributed by atoms with Gasteiger partial charge in [0.05, 0.1) is 0 Å². The molecule has 0 amide bonds. The van der Waals surface area contributed by atoms with Crippen LogP contribution in [0, 0.1) is 22.5 Å².